The van der Waals surface area contributed by atoms with E-state index in [1.54, 1.807) is 24.5 Å². The number of ether oxygens (including phenoxy) is 1. The van der Waals surface area contributed by atoms with Gasteiger partial charge in [-0.3, -0.25) is 0 Å². The van der Waals surface area contributed by atoms with Crippen molar-refractivity contribution in [2.24, 2.45) is 0 Å². The topological polar surface area (TPSA) is 51.4 Å². The number of hydrogen-bond donors (Lipinski definition) is 1. The molecule has 3 rings (SSSR count). The summed E-state index contributed by atoms with van der Waals surface area (Å²) in [5.74, 6) is 1.45. The average molecular weight is 275 g/mol. The Labute approximate surface area is 116 Å². The van der Waals surface area contributed by atoms with Crippen LogP contribution in [0.5, 0.6) is 5.88 Å². The zero-order valence-corrected chi connectivity index (χ0v) is 11.7. The van der Waals surface area contributed by atoms with Crippen LogP contribution in [0.3, 0.4) is 0 Å². The lowest BCUT2D eigenvalue weighted by Gasteiger charge is -2.24. The Hall–Kier alpha value is -1.75. The zero-order valence-electron chi connectivity index (χ0n) is 10.9. The number of rotatable bonds is 5. The quantitative estimate of drug-likeness (QED) is 0.911. The van der Waals surface area contributed by atoms with E-state index in [9.17, 15) is 0 Å². The van der Waals surface area contributed by atoms with Crippen molar-refractivity contribution >= 4 is 22.8 Å². The number of methoxy groups -OCH3 is 1. The van der Waals surface area contributed by atoms with Gasteiger partial charge < -0.3 is 15.4 Å². The van der Waals surface area contributed by atoms with Crippen molar-refractivity contribution in [1.82, 2.24) is 4.98 Å². The van der Waals surface area contributed by atoms with Crippen LogP contribution in [-0.4, -0.2) is 18.1 Å². The first-order valence-corrected chi connectivity index (χ1v) is 7.30. The summed E-state index contributed by atoms with van der Waals surface area (Å²) in [6.45, 7) is 0.860. The minimum atomic E-state index is 0.557. The van der Waals surface area contributed by atoms with Crippen molar-refractivity contribution in [2.75, 3.05) is 17.7 Å². The first-order chi connectivity index (χ1) is 9.28. The molecule has 100 valence electrons. The molecule has 0 bridgehead atoms. The van der Waals surface area contributed by atoms with E-state index in [2.05, 4.69) is 26.7 Å². The number of nitrogens with two attached hydrogens (primary N) is 1. The van der Waals surface area contributed by atoms with Crippen LogP contribution in [0, 0.1) is 0 Å². The van der Waals surface area contributed by atoms with Gasteiger partial charge in [0.05, 0.1) is 12.8 Å². The molecule has 1 aliphatic rings. The third kappa shape index (κ3) is 2.66. The van der Waals surface area contributed by atoms with Crippen LogP contribution in [0.25, 0.3) is 0 Å². The van der Waals surface area contributed by atoms with Crippen LogP contribution in [-0.2, 0) is 6.54 Å². The van der Waals surface area contributed by atoms with Gasteiger partial charge >= 0.3 is 0 Å². The lowest BCUT2D eigenvalue weighted by atomic mass is 10.2. The van der Waals surface area contributed by atoms with E-state index >= 15 is 0 Å². The fraction of sp³-hybridized carbons (Fsp3) is 0.357. The minimum Gasteiger partial charge on any atom is -0.481 e. The van der Waals surface area contributed by atoms with Crippen molar-refractivity contribution in [2.45, 2.75) is 25.4 Å². The molecule has 0 spiro atoms. The molecule has 0 radical (unpaired) electrons. The smallest absolute Gasteiger partial charge is 0.215 e. The molecule has 1 aliphatic carbocycles. The molecule has 2 aromatic heterocycles. The number of anilines is 2. The van der Waals surface area contributed by atoms with E-state index in [1.165, 1.54) is 18.4 Å². The highest BCUT2D eigenvalue weighted by Gasteiger charge is 2.31. The molecular weight excluding hydrogens is 258 g/mol. The summed E-state index contributed by atoms with van der Waals surface area (Å²) in [6.07, 6.45) is 2.42. The van der Waals surface area contributed by atoms with E-state index in [-0.39, 0.29) is 0 Å². The van der Waals surface area contributed by atoms with E-state index in [1.807, 2.05) is 6.07 Å². The summed E-state index contributed by atoms with van der Waals surface area (Å²) in [7, 11) is 1.63. The fourth-order valence-electron chi connectivity index (χ4n) is 2.13. The standard InChI is InChI=1S/C14H17N3OS/c1-18-13-5-4-12(15)14(16-13)17(11-2-3-11)8-10-6-7-19-9-10/h4-7,9,11H,2-3,8,15H2,1H3. The van der Waals surface area contributed by atoms with Gasteiger partial charge in [0.25, 0.3) is 0 Å². The van der Waals surface area contributed by atoms with Gasteiger partial charge in [0, 0.05) is 18.7 Å². The Morgan fingerprint density at radius 1 is 1.42 bits per heavy atom. The Bertz CT molecular complexity index is 552. The molecule has 1 fully saturated rings. The van der Waals surface area contributed by atoms with Gasteiger partial charge in [-0.25, -0.2) is 0 Å². The molecule has 2 heterocycles. The normalized spacial score (nSPS) is 14.4. The monoisotopic (exact) mass is 275 g/mol. The zero-order chi connectivity index (χ0) is 13.2. The summed E-state index contributed by atoms with van der Waals surface area (Å²) >= 11 is 1.72. The molecule has 0 aliphatic heterocycles. The molecule has 0 unspecified atom stereocenters. The second-order valence-electron chi connectivity index (χ2n) is 4.76. The molecule has 2 N–H and O–H groups in total. The average Bonchev–Trinajstić information content (AvgIpc) is 3.14. The highest BCUT2D eigenvalue weighted by Crippen LogP contribution is 2.36. The van der Waals surface area contributed by atoms with Crippen molar-refractivity contribution in [3.8, 4) is 5.88 Å². The maximum Gasteiger partial charge on any atom is 0.215 e. The van der Waals surface area contributed by atoms with Crippen LogP contribution in [0.15, 0.2) is 29.0 Å². The summed E-state index contributed by atoms with van der Waals surface area (Å²) in [4.78, 5) is 6.81. The predicted molar refractivity (Wildman–Crippen MR) is 78.7 cm³/mol. The summed E-state index contributed by atoms with van der Waals surface area (Å²) in [5, 5.41) is 4.27. The van der Waals surface area contributed by atoms with Gasteiger partial charge in [-0.05, 0) is 41.3 Å². The minimum absolute atomic E-state index is 0.557. The van der Waals surface area contributed by atoms with Crippen molar-refractivity contribution in [3.05, 3.63) is 34.5 Å². The molecule has 0 saturated heterocycles. The van der Waals surface area contributed by atoms with E-state index in [0.717, 1.165) is 12.4 Å². The van der Waals surface area contributed by atoms with Gasteiger partial charge in [0.2, 0.25) is 5.88 Å². The molecule has 2 aromatic rings. The van der Waals surface area contributed by atoms with Crippen molar-refractivity contribution in [1.29, 1.82) is 0 Å². The second-order valence-corrected chi connectivity index (χ2v) is 5.54. The SMILES string of the molecule is COc1ccc(N)c(N(Cc2ccsc2)C2CC2)n1. The predicted octanol–water partition coefficient (Wildman–Crippen LogP) is 2.90. The number of hydrogen-bond acceptors (Lipinski definition) is 5. The molecular formula is C14H17N3OS. The van der Waals surface area contributed by atoms with E-state index in [0.29, 0.717) is 17.6 Å². The Morgan fingerprint density at radius 2 is 2.26 bits per heavy atom. The highest BCUT2D eigenvalue weighted by atomic mass is 32.1. The third-order valence-corrected chi connectivity index (χ3v) is 4.01. The molecule has 19 heavy (non-hydrogen) atoms. The lowest BCUT2D eigenvalue weighted by Crippen LogP contribution is -2.26. The van der Waals surface area contributed by atoms with Gasteiger partial charge in [-0.2, -0.15) is 16.3 Å². The number of nitrogens with zero attached hydrogens (tertiary/aromatic N) is 2. The first kappa shape index (κ1) is 12.3. The number of pyridine rings is 1. The largest absolute Gasteiger partial charge is 0.481 e. The maximum atomic E-state index is 6.08. The first-order valence-electron chi connectivity index (χ1n) is 6.36. The molecule has 4 nitrogen and oxygen atoms in total. The van der Waals surface area contributed by atoms with Gasteiger partial charge in [0.15, 0.2) is 5.82 Å². The second kappa shape index (κ2) is 5.09. The lowest BCUT2D eigenvalue weighted by molar-refractivity contribution is 0.398. The van der Waals surface area contributed by atoms with Gasteiger partial charge in [0.1, 0.15) is 0 Å². The molecule has 0 aromatic carbocycles. The van der Waals surface area contributed by atoms with Crippen LogP contribution < -0.4 is 15.4 Å². The van der Waals surface area contributed by atoms with Crippen molar-refractivity contribution in [3.63, 3.8) is 0 Å². The maximum absolute atomic E-state index is 6.08. The van der Waals surface area contributed by atoms with E-state index < -0.39 is 0 Å². The summed E-state index contributed by atoms with van der Waals surface area (Å²) in [5.41, 5.74) is 8.10. The van der Waals surface area contributed by atoms with E-state index in [4.69, 9.17) is 10.5 Å². The van der Waals surface area contributed by atoms with Crippen LogP contribution >= 0.6 is 11.3 Å². The fourth-order valence-corrected chi connectivity index (χ4v) is 2.79. The van der Waals surface area contributed by atoms with Crippen molar-refractivity contribution < 1.29 is 4.74 Å². The van der Waals surface area contributed by atoms with Crippen LogP contribution in [0.1, 0.15) is 18.4 Å². The van der Waals surface area contributed by atoms with Crippen LogP contribution in [0.4, 0.5) is 11.5 Å². The number of thiophene rings is 1. The van der Waals surface area contributed by atoms with Crippen LogP contribution in [0.2, 0.25) is 0 Å². The molecule has 1 saturated carbocycles. The molecule has 0 atom stereocenters. The molecule has 5 heteroatoms. The Kier molecular flexibility index (Phi) is 3.29. The molecule has 0 amide bonds. The summed E-state index contributed by atoms with van der Waals surface area (Å²) in [6, 6.07) is 6.37. The summed E-state index contributed by atoms with van der Waals surface area (Å²) < 4.78 is 5.20. The number of aromatic nitrogens is 1. The van der Waals surface area contributed by atoms with Gasteiger partial charge in [-0.15, -0.1) is 0 Å². The highest BCUT2D eigenvalue weighted by molar-refractivity contribution is 7.07. The van der Waals surface area contributed by atoms with Gasteiger partial charge in [-0.1, -0.05) is 0 Å². The Morgan fingerprint density at radius 3 is 2.89 bits per heavy atom. The Balaban J connectivity index is 1.91. The third-order valence-electron chi connectivity index (χ3n) is 3.28. The number of nitrogen functional groups attached to an aromatic ring is 1.